The number of halogens is 3. The second-order valence-electron chi connectivity index (χ2n) is 3.71. The Kier molecular flexibility index (Phi) is 4.38. The molecule has 2 aromatic carbocycles. The lowest BCUT2D eigenvalue weighted by Gasteiger charge is -2.06. The van der Waals surface area contributed by atoms with Gasteiger partial charge in [0.1, 0.15) is 5.82 Å². The fourth-order valence-electron chi connectivity index (χ4n) is 1.42. The Bertz CT molecular complexity index is 575. The fraction of sp³-hybridized carbons (Fsp3) is 0.0769. The predicted molar refractivity (Wildman–Crippen MR) is 76.8 cm³/mol. The van der Waals surface area contributed by atoms with Crippen LogP contribution in [0.25, 0.3) is 0 Å². The third kappa shape index (κ3) is 3.31. The zero-order valence-corrected chi connectivity index (χ0v) is 11.6. The average molecular weight is 302 g/mol. The average Bonchev–Trinajstić information content (AvgIpc) is 2.32. The maximum atomic E-state index is 12.9. The first-order valence-corrected chi connectivity index (χ1v) is 6.92. The van der Waals surface area contributed by atoms with Crippen molar-refractivity contribution >= 4 is 40.7 Å². The molecule has 0 spiro atoms. The molecule has 1 nitrogen and oxygen atoms in total. The van der Waals surface area contributed by atoms with Crippen molar-refractivity contribution in [2.45, 2.75) is 10.6 Å². The Hall–Kier alpha value is -0.900. The van der Waals surface area contributed by atoms with E-state index in [0.717, 1.165) is 10.5 Å². The van der Waals surface area contributed by atoms with E-state index in [1.165, 1.54) is 12.1 Å². The second kappa shape index (κ2) is 5.83. The van der Waals surface area contributed by atoms with E-state index in [2.05, 4.69) is 0 Å². The molecule has 0 saturated carbocycles. The second-order valence-corrected chi connectivity index (χ2v) is 5.57. The van der Waals surface area contributed by atoms with Crippen LogP contribution in [0.3, 0.4) is 0 Å². The van der Waals surface area contributed by atoms with Crippen molar-refractivity contribution in [3.8, 4) is 0 Å². The minimum absolute atomic E-state index is 0.323. The topological polar surface area (TPSA) is 26.0 Å². The number of hydrogen-bond donors (Lipinski definition) is 1. The summed E-state index contributed by atoms with van der Waals surface area (Å²) in [7, 11) is 0. The molecule has 2 rings (SSSR count). The van der Waals surface area contributed by atoms with Crippen LogP contribution >= 0.6 is 35.0 Å². The third-order valence-corrected chi connectivity index (χ3v) is 4.17. The molecular formula is C13H10Cl2FNS. The van der Waals surface area contributed by atoms with Crippen molar-refractivity contribution in [1.82, 2.24) is 0 Å². The number of nitrogens with two attached hydrogens (primary N) is 1. The maximum absolute atomic E-state index is 12.9. The fourth-order valence-corrected chi connectivity index (χ4v) is 2.74. The highest BCUT2D eigenvalue weighted by Crippen LogP contribution is 2.30. The van der Waals surface area contributed by atoms with Gasteiger partial charge in [0.15, 0.2) is 0 Å². The summed E-state index contributed by atoms with van der Waals surface area (Å²) in [6.45, 7) is 0. The Labute approximate surface area is 119 Å². The molecule has 0 saturated heterocycles. The van der Waals surface area contributed by atoms with Gasteiger partial charge in [-0.05, 0) is 35.9 Å². The molecule has 0 fully saturated rings. The van der Waals surface area contributed by atoms with E-state index in [9.17, 15) is 4.39 Å². The third-order valence-electron chi connectivity index (χ3n) is 2.39. The van der Waals surface area contributed by atoms with Gasteiger partial charge in [-0.3, -0.25) is 0 Å². The van der Waals surface area contributed by atoms with Crippen LogP contribution in [0.15, 0.2) is 41.3 Å². The zero-order chi connectivity index (χ0) is 13.1. The summed E-state index contributed by atoms with van der Waals surface area (Å²) in [5, 5.41) is 1.05. The van der Waals surface area contributed by atoms with Crippen LogP contribution in [-0.4, -0.2) is 0 Å². The SMILES string of the molecule is Nc1cc(F)ccc1CSc1ccc(Cl)c(Cl)c1. The number of benzene rings is 2. The lowest BCUT2D eigenvalue weighted by molar-refractivity contribution is 0.628. The summed E-state index contributed by atoms with van der Waals surface area (Å²) in [5.74, 6) is 0.333. The molecule has 0 bridgehead atoms. The Morgan fingerprint density at radius 3 is 2.50 bits per heavy atom. The van der Waals surface area contributed by atoms with Gasteiger partial charge in [0.25, 0.3) is 0 Å². The van der Waals surface area contributed by atoms with Crippen LogP contribution < -0.4 is 5.73 Å². The van der Waals surface area contributed by atoms with Gasteiger partial charge >= 0.3 is 0 Å². The van der Waals surface area contributed by atoms with Gasteiger partial charge in [0.05, 0.1) is 10.0 Å². The van der Waals surface area contributed by atoms with E-state index in [0.29, 0.717) is 21.5 Å². The number of anilines is 1. The summed E-state index contributed by atoms with van der Waals surface area (Å²) in [4.78, 5) is 0.994. The molecule has 2 N–H and O–H groups in total. The maximum Gasteiger partial charge on any atom is 0.125 e. The summed E-state index contributed by atoms with van der Waals surface area (Å²) in [6.07, 6.45) is 0. The van der Waals surface area contributed by atoms with E-state index in [4.69, 9.17) is 28.9 Å². The van der Waals surface area contributed by atoms with Gasteiger partial charge in [-0.2, -0.15) is 0 Å². The molecular weight excluding hydrogens is 292 g/mol. The van der Waals surface area contributed by atoms with Crippen molar-refractivity contribution in [3.63, 3.8) is 0 Å². The normalized spacial score (nSPS) is 10.6. The van der Waals surface area contributed by atoms with Gasteiger partial charge in [0.2, 0.25) is 0 Å². The molecule has 0 atom stereocenters. The minimum atomic E-state index is -0.323. The highest BCUT2D eigenvalue weighted by Gasteiger charge is 2.04. The van der Waals surface area contributed by atoms with Gasteiger partial charge in [0, 0.05) is 16.3 Å². The number of thioether (sulfide) groups is 1. The first-order valence-electron chi connectivity index (χ1n) is 5.18. The first-order chi connectivity index (χ1) is 8.56. The summed E-state index contributed by atoms with van der Waals surface area (Å²) >= 11 is 13.3. The molecule has 94 valence electrons. The van der Waals surface area contributed by atoms with E-state index in [-0.39, 0.29) is 5.82 Å². The number of hydrogen-bond acceptors (Lipinski definition) is 2. The molecule has 0 aromatic heterocycles. The van der Waals surface area contributed by atoms with Gasteiger partial charge in [-0.25, -0.2) is 4.39 Å². The molecule has 0 radical (unpaired) electrons. The van der Waals surface area contributed by atoms with Crippen LogP contribution in [0.1, 0.15) is 5.56 Å². The molecule has 0 amide bonds. The van der Waals surface area contributed by atoms with Crippen molar-refractivity contribution < 1.29 is 4.39 Å². The van der Waals surface area contributed by atoms with Crippen LogP contribution in [0, 0.1) is 5.82 Å². The Morgan fingerprint density at radius 2 is 1.83 bits per heavy atom. The summed E-state index contributed by atoms with van der Waals surface area (Å²) in [5.41, 5.74) is 7.10. The van der Waals surface area contributed by atoms with Gasteiger partial charge < -0.3 is 5.73 Å². The molecule has 18 heavy (non-hydrogen) atoms. The van der Waals surface area contributed by atoms with Gasteiger partial charge in [-0.15, -0.1) is 11.8 Å². The molecule has 0 aliphatic heterocycles. The van der Waals surface area contributed by atoms with Crippen molar-refractivity contribution in [2.24, 2.45) is 0 Å². The van der Waals surface area contributed by atoms with Crippen molar-refractivity contribution in [3.05, 3.63) is 57.8 Å². The Balaban J connectivity index is 2.09. The van der Waals surface area contributed by atoms with Gasteiger partial charge in [-0.1, -0.05) is 29.3 Å². The highest BCUT2D eigenvalue weighted by molar-refractivity contribution is 7.98. The van der Waals surface area contributed by atoms with E-state index < -0.39 is 0 Å². The first kappa shape index (κ1) is 13.5. The molecule has 5 heteroatoms. The van der Waals surface area contributed by atoms with Crippen LogP contribution in [-0.2, 0) is 5.75 Å². The van der Waals surface area contributed by atoms with Crippen molar-refractivity contribution in [2.75, 3.05) is 5.73 Å². The molecule has 0 aliphatic carbocycles. The van der Waals surface area contributed by atoms with E-state index in [1.807, 2.05) is 6.07 Å². The smallest absolute Gasteiger partial charge is 0.125 e. The minimum Gasteiger partial charge on any atom is -0.398 e. The molecule has 0 heterocycles. The monoisotopic (exact) mass is 301 g/mol. The zero-order valence-electron chi connectivity index (χ0n) is 9.29. The van der Waals surface area contributed by atoms with Crippen molar-refractivity contribution in [1.29, 1.82) is 0 Å². The molecule has 2 aromatic rings. The van der Waals surface area contributed by atoms with Crippen LogP contribution in [0.5, 0.6) is 0 Å². The molecule has 0 unspecified atom stereocenters. The molecule has 0 aliphatic rings. The largest absolute Gasteiger partial charge is 0.398 e. The number of rotatable bonds is 3. The Morgan fingerprint density at radius 1 is 1.06 bits per heavy atom. The quantitative estimate of drug-likeness (QED) is 0.637. The lowest BCUT2D eigenvalue weighted by Crippen LogP contribution is -1.93. The van der Waals surface area contributed by atoms with E-state index >= 15 is 0 Å². The summed E-state index contributed by atoms with van der Waals surface area (Å²) in [6, 6.07) is 9.86. The number of nitrogen functional groups attached to an aromatic ring is 1. The standard InChI is InChI=1S/C13H10Cl2FNS/c14-11-4-3-10(6-12(11)15)18-7-8-1-2-9(16)5-13(8)17/h1-6H,7,17H2. The predicted octanol–water partition coefficient (Wildman–Crippen LogP) is 5.01. The van der Waals surface area contributed by atoms with Crippen LogP contribution in [0.2, 0.25) is 10.0 Å². The summed E-state index contributed by atoms with van der Waals surface area (Å²) < 4.78 is 12.9. The van der Waals surface area contributed by atoms with Crippen LogP contribution in [0.4, 0.5) is 10.1 Å². The van der Waals surface area contributed by atoms with E-state index in [1.54, 1.807) is 30.0 Å². The highest BCUT2D eigenvalue weighted by atomic mass is 35.5. The lowest BCUT2D eigenvalue weighted by atomic mass is 10.2.